The van der Waals surface area contributed by atoms with Gasteiger partial charge in [-0.1, -0.05) is 12.1 Å². The fourth-order valence-corrected chi connectivity index (χ4v) is 1.50. The van der Waals surface area contributed by atoms with Crippen LogP contribution >= 0.6 is 0 Å². The van der Waals surface area contributed by atoms with Crippen molar-refractivity contribution in [1.29, 1.82) is 0 Å². The number of aliphatic hydroxyl groups is 1. The first-order valence-electron chi connectivity index (χ1n) is 5.55. The van der Waals surface area contributed by atoms with E-state index in [1.165, 1.54) is 24.3 Å². The molecule has 1 rings (SSSR count). The summed E-state index contributed by atoms with van der Waals surface area (Å²) in [7, 11) is 0. The highest BCUT2D eigenvalue weighted by Crippen LogP contribution is 2.15. The Morgan fingerprint density at radius 3 is 2.15 bits per heavy atom. The highest BCUT2D eigenvalue weighted by atomic mass is 19.4. The van der Waals surface area contributed by atoms with Crippen molar-refractivity contribution in [3.63, 3.8) is 0 Å². The van der Waals surface area contributed by atoms with E-state index < -0.39 is 30.7 Å². The Labute approximate surface area is 112 Å². The smallest absolute Gasteiger partial charge is 0.471 e. The van der Waals surface area contributed by atoms with Crippen molar-refractivity contribution in [2.24, 2.45) is 0 Å². The Hall–Kier alpha value is -2.09. The lowest BCUT2D eigenvalue weighted by Crippen LogP contribution is -2.45. The average molecular weight is 291 g/mol. The lowest BCUT2D eigenvalue weighted by atomic mass is 10.0. The summed E-state index contributed by atoms with van der Waals surface area (Å²) in [6, 6.07) is 4.30. The molecule has 0 radical (unpaired) electrons. The fraction of sp³-hybridized carbons (Fsp3) is 0.333. The van der Waals surface area contributed by atoms with Gasteiger partial charge < -0.3 is 15.5 Å². The molecule has 0 aliphatic carbocycles. The molecule has 1 atom stereocenters. The van der Waals surface area contributed by atoms with E-state index in [1.807, 2.05) is 0 Å². The molecule has 8 heteroatoms. The maximum Gasteiger partial charge on any atom is 0.471 e. The van der Waals surface area contributed by atoms with Gasteiger partial charge in [-0.15, -0.1) is 0 Å². The Morgan fingerprint density at radius 1 is 1.20 bits per heavy atom. The van der Waals surface area contributed by atoms with Crippen molar-refractivity contribution in [3.8, 4) is 0 Å². The number of amides is 1. The summed E-state index contributed by atoms with van der Waals surface area (Å²) in [5, 5.41) is 19.3. The van der Waals surface area contributed by atoms with Gasteiger partial charge in [0.05, 0.1) is 18.2 Å². The Kier molecular flexibility index (Phi) is 5.09. The number of hydrogen-bond acceptors (Lipinski definition) is 3. The molecule has 0 bridgehead atoms. The van der Waals surface area contributed by atoms with Crippen molar-refractivity contribution in [2.75, 3.05) is 6.61 Å². The van der Waals surface area contributed by atoms with Crippen LogP contribution < -0.4 is 5.32 Å². The van der Waals surface area contributed by atoms with E-state index in [9.17, 15) is 22.8 Å². The minimum atomic E-state index is -5.01. The Balaban J connectivity index is 2.69. The second-order valence-electron chi connectivity index (χ2n) is 4.06. The molecular weight excluding hydrogens is 279 g/mol. The van der Waals surface area contributed by atoms with Crippen LogP contribution in [0.5, 0.6) is 0 Å². The van der Waals surface area contributed by atoms with E-state index >= 15 is 0 Å². The summed E-state index contributed by atoms with van der Waals surface area (Å²) in [5.74, 6) is -3.25. The second kappa shape index (κ2) is 6.38. The van der Waals surface area contributed by atoms with E-state index in [0.29, 0.717) is 5.56 Å². The van der Waals surface area contributed by atoms with Gasteiger partial charge in [-0.3, -0.25) is 4.79 Å². The number of carbonyl (C=O) groups is 2. The van der Waals surface area contributed by atoms with Gasteiger partial charge >= 0.3 is 18.1 Å². The topological polar surface area (TPSA) is 86.6 Å². The van der Waals surface area contributed by atoms with Crippen molar-refractivity contribution in [3.05, 3.63) is 35.4 Å². The lowest BCUT2D eigenvalue weighted by Gasteiger charge is -2.17. The molecule has 1 aromatic carbocycles. The maximum absolute atomic E-state index is 12.1. The quantitative estimate of drug-likeness (QED) is 0.754. The van der Waals surface area contributed by atoms with Crippen LogP contribution in [-0.4, -0.2) is 40.9 Å². The SMILES string of the molecule is O=C(O)c1ccc(CC(CO)NC(=O)C(F)(F)F)cc1. The van der Waals surface area contributed by atoms with Crippen LogP contribution in [0.2, 0.25) is 0 Å². The summed E-state index contributed by atoms with van der Waals surface area (Å²) < 4.78 is 36.2. The van der Waals surface area contributed by atoms with Crippen LogP contribution in [0, 0.1) is 0 Å². The normalized spacial score (nSPS) is 12.8. The third-order valence-electron chi connectivity index (χ3n) is 2.50. The van der Waals surface area contributed by atoms with Crippen LogP contribution in [0.3, 0.4) is 0 Å². The van der Waals surface area contributed by atoms with Gasteiger partial charge in [0, 0.05) is 0 Å². The monoisotopic (exact) mass is 291 g/mol. The van der Waals surface area contributed by atoms with Crippen LogP contribution in [-0.2, 0) is 11.2 Å². The van der Waals surface area contributed by atoms with Gasteiger partial charge in [-0.25, -0.2) is 4.79 Å². The van der Waals surface area contributed by atoms with Crippen molar-refractivity contribution in [1.82, 2.24) is 5.32 Å². The summed E-state index contributed by atoms with van der Waals surface area (Å²) in [5.41, 5.74) is 0.533. The molecule has 5 nitrogen and oxygen atoms in total. The number of rotatable bonds is 5. The molecule has 1 amide bonds. The molecule has 20 heavy (non-hydrogen) atoms. The van der Waals surface area contributed by atoms with Gasteiger partial charge in [-0.2, -0.15) is 13.2 Å². The first-order valence-corrected chi connectivity index (χ1v) is 5.55. The number of aliphatic hydroxyl groups excluding tert-OH is 1. The molecule has 0 aliphatic rings. The number of nitrogens with one attached hydrogen (secondary N) is 1. The van der Waals surface area contributed by atoms with Crippen LogP contribution in [0.1, 0.15) is 15.9 Å². The van der Waals surface area contributed by atoms with Gasteiger partial charge in [0.15, 0.2) is 0 Å². The molecule has 0 saturated heterocycles. The minimum Gasteiger partial charge on any atom is -0.478 e. The van der Waals surface area contributed by atoms with Crippen molar-refractivity contribution in [2.45, 2.75) is 18.6 Å². The summed E-state index contributed by atoms with van der Waals surface area (Å²) in [6.45, 7) is -0.664. The number of alkyl halides is 3. The number of halogens is 3. The van der Waals surface area contributed by atoms with Crippen LogP contribution in [0.25, 0.3) is 0 Å². The van der Waals surface area contributed by atoms with E-state index in [2.05, 4.69) is 0 Å². The molecule has 0 aliphatic heterocycles. The standard InChI is InChI=1S/C12H12F3NO4/c13-12(14,15)11(20)16-9(6-17)5-7-1-3-8(4-2-7)10(18)19/h1-4,9,17H,5-6H2,(H,16,20)(H,18,19). The molecule has 3 N–H and O–H groups in total. The molecular formula is C12H12F3NO4. The number of carbonyl (C=O) groups excluding carboxylic acids is 1. The molecule has 110 valence electrons. The lowest BCUT2D eigenvalue weighted by molar-refractivity contribution is -0.174. The van der Waals surface area contributed by atoms with Crippen LogP contribution in [0.15, 0.2) is 24.3 Å². The third-order valence-corrected chi connectivity index (χ3v) is 2.50. The van der Waals surface area contributed by atoms with Gasteiger partial charge in [0.25, 0.3) is 0 Å². The Bertz CT molecular complexity index is 484. The molecule has 0 aromatic heterocycles. The highest BCUT2D eigenvalue weighted by molar-refractivity contribution is 5.87. The molecule has 0 saturated carbocycles. The van der Waals surface area contributed by atoms with Gasteiger partial charge in [-0.05, 0) is 24.1 Å². The van der Waals surface area contributed by atoms with Crippen molar-refractivity contribution < 1.29 is 33.0 Å². The predicted octanol–water partition coefficient (Wildman–Crippen LogP) is 0.967. The predicted molar refractivity (Wildman–Crippen MR) is 62.2 cm³/mol. The fourth-order valence-electron chi connectivity index (χ4n) is 1.50. The summed E-state index contributed by atoms with van der Waals surface area (Å²) in [6.07, 6.45) is -5.06. The Morgan fingerprint density at radius 2 is 1.75 bits per heavy atom. The largest absolute Gasteiger partial charge is 0.478 e. The van der Waals surface area contributed by atoms with Gasteiger partial charge in [0.1, 0.15) is 0 Å². The number of benzene rings is 1. The number of hydrogen-bond donors (Lipinski definition) is 3. The molecule has 1 unspecified atom stereocenters. The first kappa shape index (κ1) is 16.0. The zero-order chi connectivity index (χ0) is 15.3. The zero-order valence-electron chi connectivity index (χ0n) is 10.1. The van der Waals surface area contributed by atoms with E-state index in [0.717, 1.165) is 0 Å². The maximum atomic E-state index is 12.1. The molecule has 1 aromatic rings. The van der Waals surface area contributed by atoms with Gasteiger partial charge in [0.2, 0.25) is 0 Å². The van der Waals surface area contributed by atoms with E-state index in [-0.39, 0.29) is 12.0 Å². The zero-order valence-corrected chi connectivity index (χ0v) is 10.1. The number of aromatic carboxylic acids is 1. The van der Waals surface area contributed by atoms with Crippen molar-refractivity contribution >= 4 is 11.9 Å². The molecule has 0 fully saturated rings. The first-order chi connectivity index (χ1) is 9.24. The van der Waals surface area contributed by atoms with E-state index in [1.54, 1.807) is 5.32 Å². The number of carboxylic acid groups (broad SMARTS) is 1. The average Bonchev–Trinajstić information content (AvgIpc) is 2.37. The highest BCUT2D eigenvalue weighted by Gasteiger charge is 2.39. The van der Waals surface area contributed by atoms with E-state index in [4.69, 9.17) is 10.2 Å². The minimum absolute atomic E-state index is 0.0358. The third kappa shape index (κ3) is 4.54. The second-order valence-corrected chi connectivity index (χ2v) is 4.06. The molecule has 0 heterocycles. The summed E-state index contributed by atoms with van der Waals surface area (Å²) in [4.78, 5) is 21.4. The number of carboxylic acids is 1. The molecule has 0 spiro atoms. The summed E-state index contributed by atoms with van der Waals surface area (Å²) >= 11 is 0. The van der Waals surface area contributed by atoms with Crippen LogP contribution in [0.4, 0.5) is 13.2 Å².